The van der Waals surface area contributed by atoms with Crippen molar-refractivity contribution in [3.05, 3.63) is 82.9 Å². The maximum Gasteiger partial charge on any atom is 0.220 e. The van der Waals surface area contributed by atoms with E-state index in [0.29, 0.717) is 19.3 Å². The summed E-state index contributed by atoms with van der Waals surface area (Å²) in [6.07, 6.45) is 1.77. The summed E-state index contributed by atoms with van der Waals surface area (Å²) in [4.78, 5) is 17.7. The van der Waals surface area contributed by atoms with Crippen LogP contribution >= 0.6 is 0 Å². The molecule has 2 heterocycles. The second kappa shape index (κ2) is 8.53. The van der Waals surface area contributed by atoms with Gasteiger partial charge >= 0.3 is 0 Å². The number of hydrogen-bond acceptors (Lipinski definition) is 3. The molecule has 6 heteroatoms. The minimum Gasteiger partial charge on any atom is -0.346 e. The van der Waals surface area contributed by atoms with Crippen molar-refractivity contribution in [2.75, 3.05) is 0 Å². The number of nitrogens with zero attached hydrogens (tertiary/aromatic N) is 3. The summed E-state index contributed by atoms with van der Waals surface area (Å²) in [7, 11) is 2.01. The molecule has 1 atom stereocenters. The van der Waals surface area contributed by atoms with Crippen LogP contribution in [-0.2, 0) is 24.7 Å². The first-order chi connectivity index (χ1) is 14.5. The van der Waals surface area contributed by atoms with Crippen LogP contribution in [0.15, 0.2) is 54.6 Å². The molecule has 4 rings (SSSR count). The van der Waals surface area contributed by atoms with Crippen molar-refractivity contribution in [2.24, 2.45) is 7.05 Å². The fourth-order valence-corrected chi connectivity index (χ4v) is 3.98. The summed E-state index contributed by atoms with van der Waals surface area (Å²) in [5.41, 5.74) is 6.26. The van der Waals surface area contributed by atoms with E-state index in [1.54, 1.807) is 0 Å². The molecule has 0 aliphatic heterocycles. The number of carbonyl (C=O) groups is 1. The molecule has 6 nitrogen and oxygen atoms in total. The number of rotatable bonds is 7. The standard InChI is InChI=1S/C24H27N5O/c1-16-19(17(2)28-27-16)13-14-23(30)25-21(15-18-9-5-4-6-10-18)24-26-20-11-7-8-12-22(20)29(24)3/h4-12,21H,13-15H2,1-3H3,(H,25,30)(H,27,28)/t21-/m0/s1. The van der Waals surface area contributed by atoms with Crippen molar-refractivity contribution in [1.29, 1.82) is 0 Å². The number of amides is 1. The van der Waals surface area contributed by atoms with Crippen LogP contribution in [0.1, 0.15) is 40.8 Å². The molecule has 0 radical (unpaired) electrons. The molecule has 0 saturated heterocycles. The minimum absolute atomic E-state index is 0.0167. The quantitative estimate of drug-likeness (QED) is 0.492. The molecule has 30 heavy (non-hydrogen) atoms. The lowest BCUT2D eigenvalue weighted by molar-refractivity contribution is -0.121. The number of fused-ring (bicyclic) bond motifs is 1. The first kappa shape index (κ1) is 19.9. The topological polar surface area (TPSA) is 75.6 Å². The largest absolute Gasteiger partial charge is 0.346 e. The highest BCUT2D eigenvalue weighted by Gasteiger charge is 2.21. The van der Waals surface area contributed by atoms with Gasteiger partial charge in [0.2, 0.25) is 5.91 Å². The van der Waals surface area contributed by atoms with E-state index in [1.807, 2.05) is 57.3 Å². The number of aromatic nitrogens is 4. The fraction of sp³-hybridized carbons (Fsp3) is 0.292. The van der Waals surface area contributed by atoms with Gasteiger partial charge in [-0.3, -0.25) is 9.89 Å². The Morgan fingerprint density at radius 3 is 2.53 bits per heavy atom. The van der Waals surface area contributed by atoms with E-state index in [1.165, 1.54) is 0 Å². The monoisotopic (exact) mass is 401 g/mol. The van der Waals surface area contributed by atoms with Crippen LogP contribution in [0.2, 0.25) is 0 Å². The van der Waals surface area contributed by atoms with Gasteiger partial charge in [0, 0.05) is 19.2 Å². The molecule has 2 N–H and O–H groups in total. The zero-order valence-electron chi connectivity index (χ0n) is 17.6. The van der Waals surface area contributed by atoms with Crippen LogP contribution in [0.3, 0.4) is 0 Å². The molecular weight excluding hydrogens is 374 g/mol. The summed E-state index contributed by atoms with van der Waals surface area (Å²) in [6, 6.07) is 18.1. The number of carbonyl (C=O) groups excluding carboxylic acids is 1. The number of imidazole rings is 1. The van der Waals surface area contributed by atoms with Gasteiger partial charge in [-0.15, -0.1) is 0 Å². The van der Waals surface area contributed by atoms with Gasteiger partial charge in [-0.2, -0.15) is 5.10 Å². The van der Waals surface area contributed by atoms with E-state index >= 15 is 0 Å². The lowest BCUT2D eigenvalue weighted by Crippen LogP contribution is -2.32. The van der Waals surface area contributed by atoms with Gasteiger partial charge in [0.15, 0.2) is 0 Å². The van der Waals surface area contributed by atoms with Gasteiger partial charge in [-0.25, -0.2) is 4.98 Å². The SMILES string of the molecule is Cc1n[nH]c(C)c1CCC(=O)N[C@@H](Cc1ccccc1)c1nc2ccccc2n1C. The van der Waals surface area contributed by atoms with E-state index in [9.17, 15) is 4.79 Å². The summed E-state index contributed by atoms with van der Waals surface area (Å²) in [6.45, 7) is 3.96. The fourth-order valence-electron chi connectivity index (χ4n) is 3.98. The molecule has 2 aromatic carbocycles. The van der Waals surface area contributed by atoms with Gasteiger partial charge in [0.1, 0.15) is 5.82 Å². The van der Waals surface area contributed by atoms with Crippen LogP contribution in [-0.4, -0.2) is 25.7 Å². The molecule has 2 aromatic heterocycles. The molecule has 1 amide bonds. The minimum atomic E-state index is -0.205. The van der Waals surface area contributed by atoms with Crippen LogP contribution in [0, 0.1) is 13.8 Å². The summed E-state index contributed by atoms with van der Waals surface area (Å²) >= 11 is 0. The van der Waals surface area contributed by atoms with Crippen molar-refractivity contribution in [3.63, 3.8) is 0 Å². The number of benzene rings is 2. The maximum atomic E-state index is 12.9. The highest BCUT2D eigenvalue weighted by molar-refractivity contribution is 5.78. The Bertz CT molecular complexity index is 1140. The molecule has 0 fully saturated rings. The number of aryl methyl sites for hydroxylation is 3. The summed E-state index contributed by atoms with van der Waals surface area (Å²) in [5.74, 6) is 0.882. The number of para-hydroxylation sites is 2. The number of hydrogen-bond donors (Lipinski definition) is 2. The lowest BCUT2D eigenvalue weighted by atomic mass is 10.0. The average molecular weight is 402 g/mol. The predicted octanol–water partition coefficient (Wildman–Crippen LogP) is 3.95. The zero-order chi connectivity index (χ0) is 21.1. The van der Waals surface area contributed by atoms with E-state index in [-0.39, 0.29) is 11.9 Å². The third-order valence-corrected chi connectivity index (χ3v) is 5.63. The molecule has 0 aliphatic carbocycles. The van der Waals surface area contributed by atoms with Gasteiger partial charge < -0.3 is 9.88 Å². The van der Waals surface area contributed by atoms with Gasteiger partial charge in [0.05, 0.1) is 22.8 Å². The molecule has 154 valence electrons. The Morgan fingerprint density at radius 1 is 1.10 bits per heavy atom. The number of aromatic amines is 1. The van der Waals surface area contributed by atoms with Gasteiger partial charge in [-0.1, -0.05) is 42.5 Å². The van der Waals surface area contributed by atoms with E-state index in [4.69, 9.17) is 4.98 Å². The maximum absolute atomic E-state index is 12.9. The Balaban J connectivity index is 1.57. The first-order valence-electron chi connectivity index (χ1n) is 10.3. The Labute approximate surface area is 176 Å². The Morgan fingerprint density at radius 2 is 1.83 bits per heavy atom. The highest BCUT2D eigenvalue weighted by atomic mass is 16.1. The Hall–Kier alpha value is -3.41. The van der Waals surface area contributed by atoms with Crippen LogP contribution in [0.25, 0.3) is 11.0 Å². The summed E-state index contributed by atoms with van der Waals surface area (Å²) < 4.78 is 2.08. The average Bonchev–Trinajstić information content (AvgIpc) is 3.26. The molecule has 4 aromatic rings. The smallest absolute Gasteiger partial charge is 0.220 e. The van der Waals surface area contributed by atoms with Crippen LogP contribution < -0.4 is 5.32 Å². The molecular formula is C24H27N5O. The summed E-state index contributed by atoms with van der Waals surface area (Å²) in [5, 5.41) is 10.4. The number of nitrogens with one attached hydrogen (secondary N) is 2. The third-order valence-electron chi connectivity index (χ3n) is 5.63. The van der Waals surface area contributed by atoms with E-state index in [0.717, 1.165) is 39.4 Å². The van der Waals surface area contributed by atoms with Gasteiger partial charge in [0.25, 0.3) is 0 Å². The van der Waals surface area contributed by atoms with Gasteiger partial charge in [-0.05, 0) is 49.9 Å². The van der Waals surface area contributed by atoms with Crippen molar-refractivity contribution < 1.29 is 4.79 Å². The third kappa shape index (κ3) is 4.13. The van der Waals surface area contributed by atoms with Crippen LogP contribution in [0.4, 0.5) is 0 Å². The predicted molar refractivity (Wildman–Crippen MR) is 118 cm³/mol. The lowest BCUT2D eigenvalue weighted by Gasteiger charge is -2.19. The molecule has 0 spiro atoms. The van der Waals surface area contributed by atoms with Crippen LogP contribution in [0.5, 0.6) is 0 Å². The highest BCUT2D eigenvalue weighted by Crippen LogP contribution is 2.23. The molecule has 0 aliphatic rings. The second-order valence-electron chi connectivity index (χ2n) is 7.74. The molecule has 0 unspecified atom stereocenters. The molecule has 0 saturated carbocycles. The number of H-pyrrole nitrogens is 1. The normalized spacial score (nSPS) is 12.2. The zero-order valence-corrected chi connectivity index (χ0v) is 17.6. The Kier molecular flexibility index (Phi) is 5.65. The van der Waals surface area contributed by atoms with Crippen molar-refractivity contribution >= 4 is 16.9 Å². The van der Waals surface area contributed by atoms with E-state index < -0.39 is 0 Å². The second-order valence-corrected chi connectivity index (χ2v) is 7.74. The van der Waals surface area contributed by atoms with Crippen molar-refractivity contribution in [2.45, 2.75) is 39.2 Å². The molecule has 0 bridgehead atoms. The van der Waals surface area contributed by atoms with Crippen molar-refractivity contribution in [3.8, 4) is 0 Å². The first-order valence-corrected chi connectivity index (χ1v) is 10.3. The van der Waals surface area contributed by atoms with Crippen molar-refractivity contribution in [1.82, 2.24) is 25.1 Å². The van der Waals surface area contributed by atoms with E-state index in [2.05, 4.69) is 38.3 Å².